The monoisotopic (exact) mass is 297 g/mol. The molecule has 2 heteroatoms. The Morgan fingerprint density at radius 2 is 1.68 bits per heavy atom. The average Bonchev–Trinajstić information content (AvgIpc) is 2.97. The number of fused-ring (bicyclic) bond motifs is 1. The SMILES string of the molecule is CC(C)c1ccc2ccccc2c1C(C)C.O=C1CCCN1. The van der Waals surface area contributed by atoms with Crippen LogP contribution >= 0.6 is 0 Å². The fourth-order valence-corrected chi connectivity index (χ4v) is 3.03. The highest BCUT2D eigenvalue weighted by molar-refractivity contribution is 5.87. The summed E-state index contributed by atoms with van der Waals surface area (Å²) >= 11 is 0. The molecule has 0 bridgehead atoms. The van der Waals surface area contributed by atoms with E-state index in [1.807, 2.05) is 0 Å². The summed E-state index contributed by atoms with van der Waals surface area (Å²) in [5.74, 6) is 1.39. The first-order chi connectivity index (χ1) is 10.5. The number of carbonyl (C=O) groups excluding carboxylic acids is 1. The van der Waals surface area contributed by atoms with Gasteiger partial charge in [-0.1, -0.05) is 64.1 Å². The van der Waals surface area contributed by atoms with Gasteiger partial charge < -0.3 is 5.32 Å². The van der Waals surface area contributed by atoms with E-state index in [0.29, 0.717) is 11.8 Å². The molecule has 0 radical (unpaired) electrons. The predicted molar refractivity (Wildman–Crippen MR) is 94.4 cm³/mol. The van der Waals surface area contributed by atoms with E-state index in [1.165, 1.54) is 21.9 Å². The minimum atomic E-state index is 0.204. The molecule has 0 spiro atoms. The van der Waals surface area contributed by atoms with Crippen molar-refractivity contribution in [2.45, 2.75) is 52.4 Å². The van der Waals surface area contributed by atoms with Crippen molar-refractivity contribution in [3.8, 4) is 0 Å². The molecule has 118 valence electrons. The van der Waals surface area contributed by atoms with E-state index in [0.717, 1.165) is 19.4 Å². The van der Waals surface area contributed by atoms with Gasteiger partial charge in [-0.05, 0) is 40.2 Å². The third-order valence-electron chi connectivity index (χ3n) is 4.11. The molecule has 22 heavy (non-hydrogen) atoms. The van der Waals surface area contributed by atoms with Crippen LogP contribution < -0.4 is 5.32 Å². The van der Waals surface area contributed by atoms with E-state index in [-0.39, 0.29) is 5.91 Å². The summed E-state index contributed by atoms with van der Waals surface area (Å²) in [7, 11) is 0. The fourth-order valence-electron chi connectivity index (χ4n) is 3.03. The van der Waals surface area contributed by atoms with Gasteiger partial charge in [0.25, 0.3) is 0 Å². The minimum Gasteiger partial charge on any atom is -0.356 e. The van der Waals surface area contributed by atoms with Crippen LogP contribution in [-0.2, 0) is 4.79 Å². The molecule has 1 fully saturated rings. The third kappa shape index (κ3) is 3.88. The van der Waals surface area contributed by atoms with Crippen LogP contribution in [0.25, 0.3) is 10.8 Å². The van der Waals surface area contributed by atoms with Crippen LogP contribution in [0.4, 0.5) is 0 Å². The van der Waals surface area contributed by atoms with Crippen LogP contribution in [0.5, 0.6) is 0 Å². The second kappa shape index (κ2) is 7.44. The Labute approximate surface area is 133 Å². The van der Waals surface area contributed by atoms with Gasteiger partial charge >= 0.3 is 0 Å². The summed E-state index contributed by atoms with van der Waals surface area (Å²) in [6.07, 6.45) is 1.76. The molecule has 2 aromatic carbocycles. The lowest BCUT2D eigenvalue weighted by Crippen LogP contribution is -2.12. The molecule has 1 heterocycles. The van der Waals surface area contributed by atoms with Gasteiger partial charge in [0.1, 0.15) is 0 Å². The lowest BCUT2D eigenvalue weighted by atomic mass is 9.86. The maximum absolute atomic E-state index is 10.1. The Morgan fingerprint density at radius 1 is 0.955 bits per heavy atom. The van der Waals surface area contributed by atoms with Crippen molar-refractivity contribution in [1.82, 2.24) is 5.32 Å². The smallest absolute Gasteiger partial charge is 0.220 e. The van der Waals surface area contributed by atoms with Crippen molar-refractivity contribution in [1.29, 1.82) is 0 Å². The summed E-state index contributed by atoms with van der Waals surface area (Å²) in [5.41, 5.74) is 3.02. The molecule has 0 saturated carbocycles. The Kier molecular flexibility index (Phi) is 5.59. The van der Waals surface area contributed by atoms with Gasteiger partial charge in [0.05, 0.1) is 0 Å². The summed E-state index contributed by atoms with van der Waals surface area (Å²) in [5, 5.41) is 5.46. The number of nitrogens with one attached hydrogen (secondary N) is 1. The molecule has 0 atom stereocenters. The quantitative estimate of drug-likeness (QED) is 0.832. The van der Waals surface area contributed by atoms with Gasteiger partial charge in [0.15, 0.2) is 0 Å². The minimum absolute atomic E-state index is 0.204. The molecule has 0 unspecified atom stereocenters. The second-order valence-electron chi connectivity index (χ2n) is 6.55. The first-order valence-electron chi connectivity index (χ1n) is 8.29. The van der Waals surface area contributed by atoms with Crippen LogP contribution in [-0.4, -0.2) is 12.5 Å². The zero-order valence-corrected chi connectivity index (χ0v) is 14.1. The lowest BCUT2D eigenvalue weighted by molar-refractivity contribution is -0.119. The molecule has 0 aliphatic carbocycles. The summed E-state index contributed by atoms with van der Waals surface area (Å²) in [4.78, 5) is 10.1. The fraction of sp³-hybridized carbons (Fsp3) is 0.450. The largest absolute Gasteiger partial charge is 0.356 e. The van der Waals surface area contributed by atoms with Crippen molar-refractivity contribution < 1.29 is 4.79 Å². The van der Waals surface area contributed by atoms with Gasteiger partial charge in [0.2, 0.25) is 5.91 Å². The van der Waals surface area contributed by atoms with E-state index in [9.17, 15) is 4.79 Å². The zero-order valence-electron chi connectivity index (χ0n) is 14.1. The summed E-state index contributed by atoms with van der Waals surface area (Å²) < 4.78 is 0. The number of hydrogen-bond acceptors (Lipinski definition) is 1. The second-order valence-corrected chi connectivity index (χ2v) is 6.55. The Balaban J connectivity index is 0.000000246. The Hall–Kier alpha value is -1.83. The van der Waals surface area contributed by atoms with Crippen molar-refractivity contribution in [2.24, 2.45) is 0 Å². The molecule has 1 N–H and O–H groups in total. The predicted octanol–water partition coefficient (Wildman–Crippen LogP) is 4.98. The van der Waals surface area contributed by atoms with Crippen LogP contribution in [0.1, 0.15) is 63.5 Å². The van der Waals surface area contributed by atoms with Crippen molar-refractivity contribution in [2.75, 3.05) is 6.54 Å². The van der Waals surface area contributed by atoms with E-state index < -0.39 is 0 Å². The van der Waals surface area contributed by atoms with E-state index in [4.69, 9.17) is 0 Å². The van der Waals surface area contributed by atoms with Crippen molar-refractivity contribution in [3.63, 3.8) is 0 Å². The number of benzene rings is 2. The third-order valence-corrected chi connectivity index (χ3v) is 4.11. The highest BCUT2D eigenvalue weighted by atomic mass is 16.1. The maximum Gasteiger partial charge on any atom is 0.220 e. The Morgan fingerprint density at radius 3 is 2.18 bits per heavy atom. The van der Waals surface area contributed by atoms with E-state index >= 15 is 0 Å². The van der Waals surface area contributed by atoms with Gasteiger partial charge in [0, 0.05) is 13.0 Å². The molecule has 0 aromatic heterocycles. The number of amides is 1. The van der Waals surface area contributed by atoms with Crippen LogP contribution in [0.2, 0.25) is 0 Å². The van der Waals surface area contributed by atoms with E-state index in [1.54, 1.807) is 0 Å². The van der Waals surface area contributed by atoms with Crippen LogP contribution in [0.15, 0.2) is 36.4 Å². The van der Waals surface area contributed by atoms with Crippen LogP contribution in [0, 0.1) is 0 Å². The van der Waals surface area contributed by atoms with Crippen molar-refractivity contribution >= 4 is 16.7 Å². The highest BCUT2D eigenvalue weighted by Crippen LogP contribution is 2.32. The molecule has 1 amide bonds. The summed E-state index contributed by atoms with van der Waals surface area (Å²) in [6.45, 7) is 10.0. The van der Waals surface area contributed by atoms with Gasteiger partial charge in [-0.3, -0.25) is 4.79 Å². The lowest BCUT2D eigenvalue weighted by Gasteiger charge is -2.18. The van der Waals surface area contributed by atoms with Crippen LogP contribution in [0.3, 0.4) is 0 Å². The molecule has 3 rings (SSSR count). The van der Waals surface area contributed by atoms with Crippen molar-refractivity contribution in [3.05, 3.63) is 47.5 Å². The maximum atomic E-state index is 10.1. The number of rotatable bonds is 2. The molecule has 2 aromatic rings. The zero-order chi connectivity index (χ0) is 16.1. The Bertz CT molecular complexity index is 635. The topological polar surface area (TPSA) is 29.1 Å². The normalized spacial score (nSPS) is 14.2. The molecular formula is C20H27NO. The highest BCUT2D eigenvalue weighted by Gasteiger charge is 2.12. The molecule has 2 nitrogen and oxygen atoms in total. The van der Waals surface area contributed by atoms with Gasteiger partial charge in [-0.15, -0.1) is 0 Å². The molecular weight excluding hydrogens is 270 g/mol. The van der Waals surface area contributed by atoms with E-state index in [2.05, 4.69) is 69.4 Å². The molecule has 1 saturated heterocycles. The molecule has 1 aliphatic heterocycles. The number of hydrogen-bond donors (Lipinski definition) is 1. The van der Waals surface area contributed by atoms with Gasteiger partial charge in [-0.25, -0.2) is 0 Å². The summed E-state index contributed by atoms with van der Waals surface area (Å²) in [6, 6.07) is 13.2. The standard InChI is InChI=1S/C16H20.C4H7NO/c1-11(2)14-10-9-13-7-5-6-8-15(13)16(14)12(3)4;6-4-2-1-3-5-4/h5-12H,1-4H3;1-3H2,(H,5,6). The first kappa shape index (κ1) is 16.5. The number of carbonyl (C=O) groups is 1. The first-order valence-corrected chi connectivity index (χ1v) is 8.29. The molecule has 1 aliphatic rings. The average molecular weight is 297 g/mol. The van der Waals surface area contributed by atoms with Gasteiger partial charge in [-0.2, -0.15) is 0 Å².